The van der Waals surface area contributed by atoms with Crippen molar-refractivity contribution in [2.75, 3.05) is 19.8 Å². The number of rotatable bonds is 5. The Hall–Kier alpha value is -0.360. The monoisotopic (exact) mass is 338 g/mol. The summed E-state index contributed by atoms with van der Waals surface area (Å²) in [6.07, 6.45) is -8.78. The molecule has 3 unspecified atom stereocenters. The van der Waals surface area contributed by atoms with Gasteiger partial charge in [-0.05, 0) is 5.92 Å². The summed E-state index contributed by atoms with van der Waals surface area (Å²) in [6.45, 7) is 2.57. The van der Waals surface area contributed by atoms with Crippen molar-refractivity contribution < 1.29 is 44.8 Å². The van der Waals surface area contributed by atoms with Crippen LogP contribution in [0.4, 0.5) is 0 Å². The first-order chi connectivity index (χ1) is 10.7. The van der Waals surface area contributed by atoms with Gasteiger partial charge in [0.2, 0.25) is 0 Å². The summed E-state index contributed by atoms with van der Waals surface area (Å²) in [5.41, 5.74) is -1.67. The summed E-state index contributed by atoms with van der Waals surface area (Å²) in [4.78, 5) is 0. The summed E-state index contributed by atoms with van der Waals surface area (Å²) in [5, 5.41) is 59.0. The molecule has 6 N–H and O–H groups in total. The van der Waals surface area contributed by atoms with Crippen molar-refractivity contribution >= 4 is 0 Å². The van der Waals surface area contributed by atoms with Crippen LogP contribution >= 0.6 is 0 Å². The minimum absolute atomic E-state index is 0.00807. The number of aliphatic hydroxyl groups excluding tert-OH is 5. The third-order valence-electron chi connectivity index (χ3n) is 4.39. The molecule has 2 aliphatic heterocycles. The van der Waals surface area contributed by atoms with E-state index >= 15 is 0 Å². The largest absolute Gasteiger partial charge is 0.394 e. The SMILES string of the molecule is CC(C)[C@@H]1OC[C@](O)(CO[C@@H]2OC(CO)[C@@H](O)C(O)[C@@H]2O)C1O. The third-order valence-corrected chi connectivity index (χ3v) is 4.39. The molecule has 2 heterocycles. The van der Waals surface area contributed by atoms with Gasteiger partial charge in [-0.2, -0.15) is 0 Å². The van der Waals surface area contributed by atoms with E-state index in [4.69, 9.17) is 19.3 Å². The molecule has 0 amide bonds. The van der Waals surface area contributed by atoms with Gasteiger partial charge >= 0.3 is 0 Å². The fraction of sp³-hybridized carbons (Fsp3) is 1.00. The lowest BCUT2D eigenvalue weighted by Crippen LogP contribution is -2.60. The number of hydrogen-bond donors (Lipinski definition) is 6. The summed E-state index contributed by atoms with van der Waals surface area (Å²) < 4.78 is 15.8. The lowest BCUT2D eigenvalue weighted by Gasteiger charge is -2.40. The average Bonchev–Trinajstić information content (AvgIpc) is 2.81. The highest BCUT2D eigenvalue weighted by Crippen LogP contribution is 2.31. The van der Waals surface area contributed by atoms with Crippen LogP contribution in [0.3, 0.4) is 0 Å². The maximum absolute atomic E-state index is 10.4. The van der Waals surface area contributed by atoms with Crippen LogP contribution in [0.15, 0.2) is 0 Å². The molecule has 0 aliphatic carbocycles. The van der Waals surface area contributed by atoms with Crippen LogP contribution in [0.5, 0.6) is 0 Å². The van der Waals surface area contributed by atoms with Crippen LogP contribution in [-0.4, -0.2) is 99.0 Å². The average molecular weight is 338 g/mol. The molecule has 0 aromatic heterocycles. The van der Waals surface area contributed by atoms with Crippen molar-refractivity contribution in [1.82, 2.24) is 0 Å². The van der Waals surface area contributed by atoms with Crippen molar-refractivity contribution in [3.63, 3.8) is 0 Å². The van der Waals surface area contributed by atoms with Gasteiger partial charge in [0.1, 0.15) is 36.1 Å². The van der Waals surface area contributed by atoms with Crippen LogP contribution in [0.25, 0.3) is 0 Å². The molecule has 136 valence electrons. The molecule has 2 aliphatic rings. The Morgan fingerprint density at radius 3 is 2.30 bits per heavy atom. The van der Waals surface area contributed by atoms with Gasteiger partial charge in [0.15, 0.2) is 6.29 Å². The van der Waals surface area contributed by atoms with Crippen LogP contribution in [-0.2, 0) is 14.2 Å². The lowest BCUT2D eigenvalue weighted by atomic mass is 9.92. The highest BCUT2D eigenvalue weighted by atomic mass is 16.7. The van der Waals surface area contributed by atoms with E-state index in [-0.39, 0.29) is 12.5 Å². The number of aliphatic hydroxyl groups is 6. The molecule has 2 saturated heterocycles. The Morgan fingerprint density at radius 2 is 1.78 bits per heavy atom. The summed E-state index contributed by atoms with van der Waals surface area (Å²) in [7, 11) is 0. The van der Waals surface area contributed by atoms with E-state index in [0.717, 1.165) is 0 Å². The quantitative estimate of drug-likeness (QED) is 0.307. The van der Waals surface area contributed by atoms with E-state index in [0.29, 0.717) is 0 Å². The van der Waals surface area contributed by atoms with Crippen LogP contribution < -0.4 is 0 Å². The van der Waals surface area contributed by atoms with Crippen molar-refractivity contribution in [3.8, 4) is 0 Å². The minimum atomic E-state index is -1.67. The zero-order chi connectivity index (χ0) is 17.4. The Balaban J connectivity index is 1.97. The van der Waals surface area contributed by atoms with Gasteiger partial charge in [0, 0.05) is 0 Å². The summed E-state index contributed by atoms with van der Waals surface area (Å²) in [5.74, 6) is -0.00807. The lowest BCUT2D eigenvalue weighted by molar-refractivity contribution is -0.310. The third kappa shape index (κ3) is 3.68. The van der Waals surface area contributed by atoms with Gasteiger partial charge in [-0.15, -0.1) is 0 Å². The first-order valence-electron chi connectivity index (χ1n) is 7.65. The van der Waals surface area contributed by atoms with E-state index in [1.54, 1.807) is 0 Å². The van der Waals surface area contributed by atoms with Gasteiger partial charge in [0.05, 0.1) is 25.9 Å². The van der Waals surface area contributed by atoms with E-state index in [9.17, 15) is 25.5 Å². The van der Waals surface area contributed by atoms with E-state index in [1.807, 2.05) is 13.8 Å². The Bertz CT molecular complexity index is 390. The zero-order valence-corrected chi connectivity index (χ0v) is 13.1. The van der Waals surface area contributed by atoms with E-state index < -0.39 is 61.7 Å². The van der Waals surface area contributed by atoms with Crippen molar-refractivity contribution in [2.24, 2.45) is 5.92 Å². The molecule has 0 bridgehead atoms. The highest BCUT2D eigenvalue weighted by Gasteiger charge is 2.51. The molecule has 0 spiro atoms. The maximum atomic E-state index is 10.4. The normalized spacial score (nSPS) is 48.1. The van der Waals surface area contributed by atoms with Gasteiger partial charge in [-0.25, -0.2) is 0 Å². The molecule has 8 atom stereocenters. The van der Waals surface area contributed by atoms with Crippen molar-refractivity contribution in [1.29, 1.82) is 0 Å². The summed E-state index contributed by atoms with van der Waals surface area (Å²) in [6, 6.07) is 0. The van der Waals surface area contributed by atoms with Crippen LogP contribution in [0.2, 0.25) is 0 Å². The summed E-state index contributed by atoms with van der Waals surface area (Å²) >= 11 is 0. The molecule has 0 saturated carbocycles. The second kappa shape index (κ2) is 7.26. The van der Waals surface area contributed by atoms with Gasteiger partial charge in [-0.1, -0.05) is 13.8 Å². The Kier molecular flexibility index (Phi) is 5.99. The van der Waals surface area contributed by atoms with Gasteiger partial charge < -0.3 is 44.8 Å². The first-order valence-corrected chi connectivity index (χ1v) is 7.65. The van der Waals surface area contributed by atoms with E-state index in [2.05, 4.69) is 0 Å². The molecule has 0 aromatic rings. The Morgan fingerprint density at radius 1 is 1.13 bits per heavy atom. The molecule has 0 aromatic carbocycles. The molecule has 2 fully saturated rings. The van der Waals surface area contributed by atoms with E-state index in [1.165, 1.54) is 0 Å². The molecule has 9 heteroatoms. The molecule has 23 heavy (non-hydrogen) atoms. The standard InChI is InChI=1S/C14H26O9/c1-6(2)11-12(19)14(20,4-21-11)5-22-13-10(18)9(17)8(16)7(3-15)23-13/h6-13,15-20H,3-5H2,1-2H3/t7?,8-,9?,10+,11+,12?,13-,14+/m1/s1. The smallest absolute Gasteiger partial charge is 0.186 e. The predicted octanol–water partition coefficient (Wildman–Crippen LogP) is -3.05. The molecule has 0 radical (unpaired) electrons. The van der Waals surface area contributed by atoms with Crippen molar-refractivity contribution in [2.45, 2.75) is 62.4 Å². The zero-order valence-electron chi connectivity index (χ0n) is 13.1. The predicted molar refractivity (Wildman–Crippen MR) is 75.3 cm³/mol. The highest BCUT2D eigenvalue weighted by molar-refractivity contribution is 4.98. The molecule has 2 rings (SSSR count). The van der Waals surface area contributed by atoms with Crippen LogP contribution in [0.1, 0.15) is 13.8 Å². The van der Waals surface area contributed by atoms with Crippen molar-refractivity contribution in [3.05, 3.63) is 0 Å². The molecule has 9 nitrogen and oxygen atoms in total. The number of ether oxygens (including phenoxy) is 3. The topological polar surface area (TPSA) is 149 Å². The fourth-order valence-electron chi connectivity index (χ4n) is 2.84. The minimum Gasteiger partial charge on any atom is -0.394 e. The first kappa shape index (κ1) is 19.0. The molecular formula is C14H26O9. The van der Waals surface area contributed by atoms with Gasteiger partial charge in [-0.3, -0.25) is 0 Å². The maximum Gasteiger partial charge on any atom is 0.186 e. The Labute approximate surface area is 134 Å². The molecular weight excluding hydrogens is 312 g/mol. The van der Waals surface area contributed by atoms with Gasteiger partial charge in [0.25, 0.3) is 0 Å². The fourth-order valence-corrected chi connectivity index (χ4v) is 2.84. The second-order valence-corrected chi connectivity index (χ2v) is 6.58. The number of hydrogen-bond acceptors (Lipinski definition) is 9. The van der Waals surface area contributed by atoms with Crippen LogP contribution in [0, 0.1) is 5.92 Å². The second-order valence-electron chi connectivity index (χ2n) is 6.58.